The Balaban J connectivity index is 1.51. The van der Waals surface area contributed by atoms with Gasteiger partial charge in [0.1, 0.15) is 0 Å². The van der Waals surface area contributed by atoms with Crippen molar-refractivity contribution in [2.45, 2.75) is 32.9 Å². The standard InChI is InChI=1S/C17H19N7O/c1-11(2)24-21-16(20-22-24)12-3-5-13(6-4-12)17(25)23-8-7-14-15(9-23)19-10-18-14/h3-6,10-11H,7-9H2,1-2H3,(H,18,19). The van der Waals surface area contributed by atoms with Crippen LogP contribution in [0.3, 0.4) is 0 Å². The van der Waals surface area contributed by atoms with Gasteiger partial charge in [-0.15, -0.1) is 10.2 Å². The number of nitrogens with one attached hydrogen (secondary N) is 1. The lowest BCUT2D eigenvalue weighted by molar-refractivity contribution is 0.0732. The van der Waals surface area contributed by atoms with Gasteiger partial charge in [-0.1, -0.05) is 12.1 Å². The number of fused-ring (bicyclic) bond motifs is 1. The molecule has 0 spiro atoms. The lowest BCUT2D eigenvalue weighted by Gasteiger charge is -2.26. The summed E-state index contributed by atoms with van der Waals surface area (Å²) in [5.74, 6) is 0.582. The van der Waals surface area contributed by atoms with Crippen molar-refractivity contribution in [1.82, 2.24) is 35.1 Å². The summed E-state index contributed by atoms with van der Waals surface area (Å²) in [6, 6.07) is 7.52. The SMILES string of the molecule is CC(C)n1nnc(-c2ccc(C(=O)N3CCc4nc[nH]c4C3)cc2)n1. The number of carbonyl (C=O) groups excluding carboxylic acids is 1. The van der Waals surface area contributed by atoms with Crippen molar-refractivity contribution in [2.75, 3.05) is 6.54 Å². The summed E-state index contributed by atoms with van der Waals surface area (Å²) in [6.45, 7) is 5.25. The van der Waals surface area contributed by atoms with Crippen LogP contribution in [-0.4, -0.2) is 47.5 Å². The van der Waals surface area contributed by atoms with Crippen LogP contribution in [0.5, 0.6) is 0 Å². The molecule has 0 unspecified atom stereocenters. The van der Waals surface area contributed by atoms with Gasteiger partial charge in [0.05, 0.1) is 30.3 Å². The zero-order valence-corrected chi connectivity index (χ0v) is 14.2. The van der Waals surface area contributed by atoms with Gasteiger partial charge in [-0.05, 0) is 31.2 Å². The number of amides is 1. The fraction of sp³-hybridized carbons (Fsp3) is 0.353. The summed E-state index contributed by atoms with van der Waals surface area (Å²) < 4.78 is 0. The summed E-state index contributed by atoms with van der Waals surface area (Å²) in [7, 11) is 0. The maximum absolute atomic E-state index is 12.7. The summed E-state index contributed by atoms with van der Waals surface area (Å²) in [5, 5.41) is 12.4. The number of H-pyrrole nitrogens is 1. The van der Waals surface area contributed by atoms with E-state index in [1.165, 1.54) is 0 Å². The zero-order chi connectivity index (χ0) is 17.4. The minimum absolute atomic E-state index is 0.0191. The second kappa shape index (κ2) is 6.12. The Bertz CT molecular complexity index is 894. The Morgan fingerprint density at radius 1 is 1.24 bits per heavy atom. The van der Waals surface area contributed by atoms with Crippen molar-refractivity contribution < 1.29 is 4.79 Å². The summed E-state index contributed by atoms with van der Waals surface area (Å²) in [6.07, 6.45) is 2.47. The highest BCUT2D eigenvalue weighted by molar-refractivity contribution is 5.94. The molecule has 8 heteroatoms. The number of nitrogens with zero attached hydrogens (tertiary/aromatic N) is 6. The largest absolute Gasteiger partial charge is 0.347 e. The number of hydrogen-bond acceptors (Lipinski definition) is 5. The van der Waals surface area contributed by atoms with Gasteiger partial charge in [-0.25, -0.2) is 4.98 Å². The average molecular weight is 337 g/mol. The van der Waals surface area contributed by atoms with Crippen molar-refractivity contribution in [3.05, 3.63) is 47.5 Å². The van der Waals surface area contributed by atoms with Crippen molar-refractivity contribution in [3.63, 3.8) is 0 Å². The molecule has 1 aliphatic rings. The number of benzene rings is 1. The first kappa shape index (κ1) is 15.5. The van der Waals surface area contributed by atoms with Crippen molar-refractivity contribution >= 4 is 5.91 Å². The molecular formula is C17H19N7O. The fourth-order valence-corrected chi connectivity index (χ4v) is 2.89. The molecule has 0 fully saturated rings. The van der Waals surface area contributed by atoms with Crippen LogP contribution in [0.25, 0.3) is 11.4 Å². The van der Waals surface area contributed by atoms with E-state index in [1.807, 2.05) is 43.0 Å². The lowest BCUT2D eigenvalue weighted by atomic mass is 10.1. The van der Waals surface area contributed by atoms with Crippen molar-refractivity contribution in [3.8, 4) is 11.4 Å². The molecule has 1 aromatic carbocycles. The third-order valence-electron chi connectivity index (χ3n) is 4.34. The van der Waals surface area contributed by atoms with Crippen LogP contribution in [0.2, 0.25) is 0 Å². The molecule has 1 aliphatic heterocycles. The lowest BCUT2D eigenvalue weighted by Crippen LogP contribution is -2.36. The summed E-state index contributed by atoms with van der Waals surface area (Å²) >= 11 is 0. The van der Waals surface area contributed by atoms with E-state index in [1.54, 1.807) is 11.1 Å². The quantitative estimate of drug-likeness (QED) is 0.787. The van der Waals surface area contributed by atoms with Crippen LogP contribution in [0.15, 0.2) is 30.6 Å². The molecule has 25 heavy (non-hydrogen) atoms. The highest BCUT2D eigenvalue weighted by Gasteiger charge is 2.23. The Morgan fingerprint density at radius 2 is 2.04 bits per heavy atom. The van der Waals surface area contributed by atoms with Gasteiger partial charge in [0.25, 0.3) is 5.91 Å². The number of rotatable bonds is 3. The average Bonchev–Trinajstić information content (AvgIpc) is 3.30. The first-order chi connectivity index (χ1) is 12.1. The van der Waals surface area contributed by atoms with Crippen LogP contribution < -0.4 is 0 Å². The van der Waals surface area contributed by atoms with Crippen LogP contribution in [0.4, 0.5) is 0 Å². The summed E-state index contributed by atoms with van der Waals surface area (Å²) in [5.41, 5.74) is 3.57. The second-order valence-electron chi connectivity index (χ2n) is 6.41. The predicted molar refractivity (Wildman–Crippen MR) is 90.7 cm³/mol. The molecule has 4 rings (SSSR count). The molecule has 128 valence electrons. The second-order valence-corrected chi connectivity index (χ2v) is 6.41. The third-order valence-corrected chi connectivity index (χ3v) is 4.34. The number of hydrogen-bond donors (Lipinski definition) is 1. The van der Waals surface area contributed by atoms with Gasteiger partial charge in [0.2, 0.25) is 5.82 Å². The molecule has 3 heterocycles. The number of imidazole rings is 1. The van der Waals surface area contributed by atoms with Crippen LogP contribution in [0.1, 0.15) is 41.6 Å². The van der Waals surface area contributed by atoms with E-state index in [4.69, 9.17) is 0 Å². The molecule has 0 radical (unpaired) electrons. The number of carbonyl (C=O) groups is 1. The topological polar surface area (TPSA) is 92.6 Å². The van der Waals surface area contributed by atoms with Gasteiger partial charge < -0.3 is 9.88 Å². The Labute approximate surface area is 144 Å². The molecule has 0 atom stereocenters. The highest BCUT2D eigenvalue weighted by Crippen LogP contribution is 2.20. The first-order valence-electron chi connectivity index (χ1n) is 8.32. The van der Waals surface area contributed by atoms with Gasteiger partial charge in [-0.2, -0.15) is 4.80 Å². The first-order valence-corrected chi connectivity index (χ1v) is 8.32. The molecule has 0 bridgehead atoms. The van der Waals surface area contributed by atoms with E-state index in [9.17, 15) is 4.79 Å². The smallest absolute Gasteiger partial charge is 0.254 e. The van der Waals surface area contributed by atoms with Crippen molar-refractivity contribution in [2.24, 2.45) is 0 Å². The van der Waals surface area contributed by atoms with Gasteiger partial charge in [0, 0.05) is 24.1 Å². The minimum atomic E-state index is 0.0191. The molecule has 2 aromatic heterocycles. The zero-order valence-electron chi connectivity index (χ0n) is 14.2. The maximum atomic E-state index is 12.7. The molecule has 1 amide bonds. The summed E-state index contributed by atoms with van der Waals surface area (Å²) in [4.78, 5) is 23.5. The third kappa shape index (κ3) is 2.90. The molecule has 1 N–H and O–H groups in total. The molecule has 3 aromatic rings. The minimum Gasteiger partial charge on any atom is -0.347 e. The molecule has 8 nitrogen and oxygen atoms in total. The van der Waals surface area contributed by atoms with E-state index < -0.39 is 0 Å². The van der Waals surface area contributed by atoms with E-state index in [-0.39, 0.29) is 11.9 Å². The monoisotopic (exact) mass is 337 g/mol. The maximum Gasteiger partial charge on any atom is 0.254 e. The highest BCUT2D eigenvalue weighted by atomic mass is 16.2. The van der Waals surface area contributed by atoms with E-state index >= 15 is 0 Å². The van der Waals surface area contributed by atoms with Gasteiger partial charge in [0.15, 0.2) is 0 Å². The normalized spacial score (nSPS) is 14.0. The Kier molecular flexibility index (Phi) is 3.79. The van der Waals surface area contributed by atoms with E-state index in [0.717, 1.165) is 23.4 Å². The predicted octanol–water partition coefficient (Wildman–Crippen LogP) is 1.84. The molecule has 0 aliphatic carbocycles. The van der Waals surface area contributed by atoms with E-state index in [0.29, 0.717) is 24.5 Å². The van der Waals surface area contributed by atoms with Gasteiger partial charge in [-0.3, -0.25) is 4.79 Å². The van der Waals surface area contributed by atoms with Gasteiger partial charge >= 0.3 is 0 Å². The molecular weight excluding hydrogens is 318 g/mol. The fourth-order valence-electron chi connectivity index (χ4n) is 2.89. The van der Waals surface area contributed by atoms with Crippen LogP contribution in [-0.2, 0) is 13.0 Å². The van der Waals surface area contributed by atoms with Crippen LogP contribution in [0, 0.1) is 0 Å². The Hall–Kier alpha value is -3.03. The van der Waals surface area contributed by atoms with Crippen molar-refractivity contribution in [1.29, 1.82) is 0 Å². The number of tetrazole rings is 1. The number of aromatic amines is 1. The number of aromatic nitrogens is 6. The Morgan fingerprint density at radius 3 is 2.76 bits per heavy atom. The molecule has 0 saturated carbocycles. The van der Waals surface area contributed by atoms with Crippen LogP contribution >= 0.6 is 0 Å². The van der Waals surface area contributed by atoms with E-state index in [2.05, 4.69) is 25.4 Å². The molecule has 0 saturated heterocycles.